The van der Waals surface area contributed by atoms with Crippen LogP contribution in [0.3, 0.4) is 0 Å². The van der Waals surface area contributed by atoms with Gasteiger partial charge in [0.25, 0.3) is 5.91 Å². The van der Waals surface area contributed by atoms with Gasteiger partial charge in [-0.2, -0.15) is 5.26 Å². The maximum atomic E-state index is 14.8. The summed E-state index contributed by atoms with van der Waals surface area (Å²) < 4.78 is 40.5. The third-order valence-corrected chi connectivity index (χ3v) is 8.39. The van der Waals surface area contributed by atoms with E-state index in [1.807, 2.05) is 48.5 Å². The molecule has 0 aliphatic rings. The van der Waals surface area contributed by atoms with Crippen LogP contribution < -0.4 is 5.32 Å². The van der Waals surface area contributed by atoms with Crippen molar-refractivity contribution < 1.29 is 22.5 Å². The zero-order valence-electron chi connectivity index (χ0n) is 25.8. The van der Waals surface area contributed by atoms with E-state index < -0.39 is 16.9 Å². The SMILES string of the molecule is CC(C)(C)c1ccc(C(Cc2ccc(C(=O)NCCS(=O)O)cc2)c2cc(-c3cccc(-c4ccc(C#N)cc4F)c3)on2)cc1. The fraction of sp³-hybridized carbons (Fsp3) is 0.216. The van der Waals surface area contributed by atoms with Gasteiger partial charge < -0.3 is 14.4 Å². The van der Waals surface area contributed by atoms with Crippen molar-refractivity contribution in [3.8, 4) is 28.5 Å². The van der Waals surface area contributed by atoms with E-state index in [-0.39, 0.29) is 35.1 Å². The van der Waals surface area contributed by atoms with Crippen molar-refractivity contribution in [3.05, 3.63) is 136 Å². The lowest BCUT2D eigenvalue weighted by molar-refractivity contribution is 0.0956. The van der Waals surface area contributed by atoms with Gasteiger partial charge in [0.15, 0.2) is 16.8 Å². The second-order valence-corrected chi connectivity index (χ2v) is 13.2. The zero-order valence-corrected chi connectivity index (χ0v) is 26.6. The minimum absolute atomic E-state index is 0.00285. The molecule has 0 fully saturated rings. The number of hydrogen-bond acceptors (Lipinski definition) is 5. The van der Waals surface area contributed by atoms with Gasteiger partial charge in [-0.1, -0.05) is 86.6 Å². The summed E-state index contributed by atoms with van der Waals surface area (Å²) >= 11 is -1.97. The van der Waals surface area contributed by atoms with E-state index in [4.69, 9.17) is 14.3 Å². The maximum Gasteiger partial charge on any atom is 0.251 e. The van der Waals surface area contributed by atoms with Crippen LogP contribution in [0.2, 0.25) is 0 Å². The smallest absolute Gasteiger partial charge is 0.251 e. The van der Waals surface area contributed by atoms with Crippen molar-refractivity contribution in [2.45, 2.75) is 38.5 Å². The number of amides is 1. The predicted octanol–water partition coefficient (Wildman–Crippen LogP) is 7.64. The number of rotatable bonds is 10. The molecule has 2 unspecified atom stereocenters. The molecule has 0 saturated heterocycles. The molecule has 2 atom stereocenters. The van der Waals surface area contributed by atoms with Crippen LogP contribution >= 0.6 is 0 Å². The average molecular weight is 636 g/mol. The highest BCUT2D eigenvalue weighted by Gasteiger charge is 2.22. The fourth-order valence-corrected chi connectivity index (χ4v) is 5.52. The molecule has 2 N–H and O–H groups in total. The Bertz CT molecular complexity index is 1910. The number of nitrogens with one attached hydrogen (secondary N) is 1. The molecule has 0 spiro atoms. The quantitative estimate of drug-likeness (QED) is 0.152. The first-order valence-electron chi connectivity index (χ1n) is 14.8. The maximum absolute atomic E-state index is 14.8. The van der Waals surface area contributed by atoms with E-state index in [0.717, 1.165) is 22.4 Å². The van der Waals surface area contributed by atoms with Gasteiger partial charge in [0, 0.05) is 35.2 Å². The van der Waals surface area contributed by atoms with E-state index in [1.54, 1.807) is 24.3 Å². The minimum atomic E-state index is -1.97. The van der Waals surface area contributed by atoms with Crippen LogP contribution in [-0.2, 0) is 22.9 Å². The van der Waals surface area contributed by atoms with Crippen molar-refractivity contribution in [3.63, 3.8) is 0 Å². The number of nitrogens with zero attached hydrogens (tertiary/aromatic N) is 2. The van der Waals surface area contributed by atoms with E-state index in [9.17, 15) is 13.4 Å². The summed E-state index contributed by atoms with van der Waals surface area (Å²) in [5.74, 6) is -0.438. The highest BCUT2D eigenvalue weighted by Crippen LogP contribution is 2.34. The Labute approximate surface area is 270 Å². The molecule has 1 aromatic heterocycles. The van der Waals surface area contributed by atoms with Crippen molar-refractivity contribution in [2.24, 2.45) is 0 Å². The third-order valence-electron chi connectivity index (χ3n) is 7.84. The molecule has 46 heavy (non-hydrogen) atoms. The van der Waals surface area contributed by atoms with Crippen molar-refractivity contribution >= 4 is 17.0 Å². The van der Waals surface area contributed by atoms with Crippen LogP contribution in [0.15, 0.2) is 102 Å². The lowest BCUT2D eigenvalue weighted by Crippen LogP contribution is -2.27. The molecule has 9 heteroatoms. The molecule has 234 valence electrons. The first-order valence-corrected chi connectivity index (χ1v) is 16.1. The average Bonchev–Trinajstić information content (AvgIpc) is 3.53. The van der Waals surface area contributed by atoms with Gasteiger partial charge in [0.05, 0.1) is 23.1 Å². The van der Waals surface area contributed by atoms with E-state index in [1.165, 1.54) is 11.6 Å². The van der Waals surface area contributed by atoms with E-state index in [2.05, 4.69) is 55.5 Å². The number of hydrogen-bond donors (Lipinski definition) is 2. The number of nitriles is 1. The summed E-state index contributed by atoms with van der Waals surface area (Å²) in [6.45, 7) is 6.61. The number of carbonyl (C=O) groups excluding carboxylic acids is 1. The Balaban J connectivity index is 1.43. The molecule has 5 rings (SSSR count). The topological polar surface area (TPSA) is 116 Å². The van der Waals surface area contributed by atoms with E-state index in [0.29, 0.717) is 28.9 Å². The van der Waals surface area contributed by atoms with Gasteiger partial charge >= 0.3 is 0 Å². The Morgan fingerprint density at radius 2 is 1.72 bits per heavy atom. The van der Waals surface area contributed by atoms with Gasteiger partial charge in [-0.25, -0.2) is 8.60 Å². The highest BCUT2D eigenvalue weighted by atomic mass is 32.2. The van der Waals surface area contributed by atoms with Crippen LogP contribution in [0.5, 0.6) is 0 Å². The number of carbonyl (C=O) groups is 1. The summed E-state index contributed by atoms with van der Waals surface area (Å²) in [5.41, 5.74) is 6.48. The monoisotopic (exact) mass is 635 g/mol. The van der Waals surface area contributed by atoms with E-state index >= 15 is 0 Å². The molecule has 0 aliphatic heterocycles. The predicted molar refractivity (Wildman–Crippen MR) is 177 cm³/mol. The van der Waals surface area contributed by atoms with Crippen LogP contribution in [0.25, 0.3) is 22.5 Å². The summed E-state index contributed by atoms with van der Waals surface area (Å²) in [5, 5.41) is 16.2. The summed E-state index contributed by atoms with van der Waals surface area (Å²) in [6.07, 6.45) is 0.586. The van der Waals surface area contributed by atoms with Crippen molar-refractivity contribution in [1.82, 2.24) is 10.5 Å². The normalized spacial score (nSPS) is 12.7. The first-order chi connectivity index (χ1) is 22.0. The fourth-order valence-electron chi connectivity index (χ4n) is 5.24. The lowest BCUT2D eigenvalue weighted by atomic mass is 9.83. The van der Waals surface area contributed by atoms with Crippen LogP contribution in [0.1, 0.15) is 65.0 Å². The van der Waals surface area contributed by atoms with Gasteiger partial charge in [-0.05, 0) is 64.4 Å². The van der Waals surface area contributed by atoms with Gasteiger partial charge in [-0.3, -0.25) is 4.79 Å². The van der Waals surface area contributed by atoms with Gasteiger partial charge in [0.2, 0.25) is 0 Å². The highest BCUT2D eigenvalue weighted by molar-refractivity contribution is 7.79. The molecule has 4 aromatic carbocycles. The van der Waals surface area contributed by atoms with Gasteiger partial charge in [0.1, 0.15) is 5.82 Å². The second-order valence-electron chi connectivity index (χ2n) is 12.1. The summed E-state index contributed by atoms with van der Waals surface area (Å²) in [7, 11) is 0. The van der Waals surface area contributed by atoms with Gasteiger partial charge in [-0.15, -0.1) is 0 Å². The summed E-state index contributed by atoms with van der Waals surface area (Å²) in [4.78, 5) is 12.5. The van der Waals surface area contributed by atoms with Crippen LogP contribution in [-0.4, -0.2) is 32.1 Å². The molecule has 1 heterocycles. The molecule has 0 aliphatic carbocycles. The third kappa shape index (κ3) is 7.83. The molecule has 7 nitrogen and oxygen atoms in total. The zero-order chi connectivity index (χ0) is 32.8. The Morgan fingerprint density at radius 3 is 2.37 bits per heavy atom. The first kappa shape index (κ1) is 32.5. The Kier molecular flexibility index (Phi) is 9.90. The molecule has 0 radical (unpaired) electrons. The number of halogens is 1. The van der Waals surface area contributed by atoms with Crippen LogP contribution in [0.4, 0.5) is 4.39 Å². The molecule has 0 saturated carbocycles. The second kappa shape index (κ2) is 14.0. The number of benzene rings is 4. The molecule has 0 bridgehead atoms. The Morgan fingerprint density at radius 1 is 1.00 bits per heavy atom. The molecular formula is C37H34FN3O4S. The largest absolute Gasteiger partial charge is 0.356 e. The Hall–Kier alpha value is -4.91. The summed E-state index contributed by atoms with van der Waals surface area (Å²) in [6, 6.07) is 31.4. The van der Waals surface area contributed by atoms with Crippen molar-refractivity contribution in [2.75, 3.05) is 12.3 Å². The number of aromatic nitrogens is 1. The standard InChI is InChI=1S/C37H34FN3O4S/c1-37(2,3)30-14-12-26(13-15-30)32(19-24-7-10-27(11-8-24)36(42)40-17-18-46(43)44)34-22-35(45-41-34)29-6-4-5-28(21-29)31-16-9-25(23-39)20-33(31)38/h4-16,20-22,32H,17-19H2,1-3H3,(H,40,42)(H,43,44). The van der Waals surface area contributed by atoms with Crippen molar-refractivity contribution in [1.29, 1.82) is 5.26 Å². The molecular weight excluding hydrogens is 601 g/mol. The lowest BCUT2D eigenvalue weighted by Gasteiger charge is -2.21. The van der Waals surface area contributed by atoms with Crippen LogP contribution in [0, 0.1) is 17.1 Å². The minimum Gasteiger partial charge on any atom is -0.356 e. The molecule has 5 aromatic rings. The molecule has 1 amide bonds.